The highest BCUT2D eigenvalue weighted by Gasteiger charge is 2.07. The number of nitrogens with one attached hydrogen (secondary N) is 1. The van der Waals surface area contributed by atoms with E-state index in [2.05, 4.69) is 5.10 Å². The summed E-state index contributed by atoms with van der Waals surface area (Å²) in [6, 6.07) is 15.8. The van der Waals surface area contributed by atoms with E-state index in [0.717, 1.165) is 22.0 Å². The second-order valence-corrected chi connectivity index (χ2v) is 4.43. The molecule has 0 aliphatic heterocycles. The third-order valence-corrected chi connectivity index (χ3v) is 3.18. The Balaban J connectivity index is 2.04. The molecule has 0 amide bonds. The standard InChI is InChI=1S/C15H14N4/c16-15(17)13-7-3-1-6-12(13)10-19-14-8-4-2-5-11(14)9-18-19/h1-9H,10H2,(H3,16,17). The summed E-state index contributed by atoms with van der Waals surface area (Å²) in [6.45, 7) is 0.614. The van der Waals surface area contributed by atoms with Crippen LogP contribution in [0.4, 0.5) is 0 Å². The first-order valence-electron chi connectivity index (χ1n) is 6.08. The van der Waals surface area contributed by atoms with Gasteiger partial charge in [-0.15, -0.1) is 0 Å². The number of nitrogens with two attached hydrogens (primary N) is 1. The molecule has 0 radical (unpaired) electrons. The fourth-order valence-corrected chi connectivity index (χ4v) is 2.23. The molecule has 0 saturated heterocycles. The average molecular weight is 250 g/mol. The number of nitrogens with zero attached hydrogens (tertiary/aromatic N) is 2. The number of hydrogen-bond acceptors (Lipinski definition) is 2. The summed E-state index contributed by atoms with van der Waals surface area (Å²) >= 11 is 0. The average Bonchev–Trinajstić information content (AvgIpc) is 2.83. The molecule has 0 atom stereocenters. The molecule has 0 bridgehead atoms. The fourth-order valence-electron chi connectivity index (χ4n) is 2.23. The van der Waals surface area contributed by atoms with Crippen LogP contribution in [0.1, 0.15) is 11.1 Å². The summed E-state index contributed by atoms with van der Waals surface area (Å²) in [5, 5.41) is 13.1. The van der Waals surface area contributed by atoms with Crippen LogP contribution in [-0.2, 0) is 6.54 Å². The van der Waals surface area contributed by atoms with Crippen LogP contribution in [0.3, 0.4) is 0 Å². The van der Waals surface area contributed by atoms with E-state index in [-0.39, 0.29) is 5.84 Å². The summed E-state index contributed by atoms with van der Waals surface area (Å²) in [7, 11) is 0. The van der Waals surface area contributed by atoms with Crippen molar-refractivity contribution < 1.29 is 0 Å². The Kier molecular flexibility index (Phi) is 2.76. The Hall–Kier alpha value is -2.62. The molecule has 3 rings (SSSR count). The lowest BCUT2D eigenvalue weighted by atomic mass is 10.1. The molecule has 0 unspecified atom stereocenters. The van der Waals surface area contributed by atoms with Crippen LogP contribution in [0.2, 0.25) is 0 Å². The van der Waals surface area contributed by atoms with Crippen molar-refractivity contribution in [3.05, 3.63) is 65.9 Å². The monoisotopic (exact) mass is 250 g/mol. The molecule has 19 heavy (non-hydrogen) atoms. The van der Waals surface area contributed by atoms with Crippen molar-refractivity contribution in [1.29, 1.82) is 5.41 Å². The number of fused-ring (bicyclic) bond motifs is 1. The molecule has 0 aliphatic carbocycles. The zero-order chi connectivity index (χ0) is 13.2. The molecular weight excluding hydrogens is 236 g/mol. The second kappa shape index (κ2) is 4.57. The molecule has 3 N–H and O–H groups in total. The minimum absolute atomic E-state index is 0.0899. The number of amidine groups is 1. The predicted octanol–water partition coefficient (Wildman–Crippen LogP) is 2.37. The van der Waals surface area contributed by atoms with E-state index in [1.165, 1.54) is 0 Å². The highest BCUT2D eigenvalue weighted by molar-refractivity contribution is 5.96. The van der Waals surface area contributed by atoms with E-state index in [1.54, 1.807) is 0 Å². The van der Waals surface area contributed by atoms with Gasteiger partial charge in [-0.1, -0.05) is 42.5 Å². The van der Waals surface area contributed by atoms with Crippen LogP contribution < -0.4 is 5.73 Å². The van der Waals surface area contributed by atoms with Crippen LogP contribution in [0, 0.1) is 5.41 Å². The van der Waals surface area contributed by atoms with Gasteiger partial charge in [0.05, 0.1) is 18.3 Å². The maximum Gasteiger partial charge on any atom is 0.123 e. The summed E-state index contributed by atoms with van der Waals surface area (Å²) in [4.78, 5) is 0. The van der Waals surface area contributed by atoms with Gasteiger partial charge in [0.25, 0.3) is 0 Å². The molecule has 3 aromatic rings. The first-order valence-corrected chi connectivity index (χ1v) is 6.08. The Morgan fingerprint density at radius 1 is 1.11 bits per heavy atom. The van der Waals surface area contributed by atoms with Gasteiger partial charge in [0.2, 0.25) is 0 Å². The van der Waals surface area contributed by atoms with Crippen molar-refractivity contribution in [3.63, 3.8) is 0 Å². The lowest BCUT2D eigenvalue weighted by molar-refractivity contribution is 0.711. The first kappa shape index (κ1) is 11.5. The molecule has 4 heteroatoms. The van der Waals surface area contributed by atoms with E-state index < -0.39 is 0 Å². The van der Waals surface area contributed by atoms with E-state index in [1.807, 2.05) is 59.4 Å². The number of benzene rings is 2. The van der Waals surface area contributed by atoms with E-state index in [4.69, 9.17) is 11.1 Å². The largest absolute Gasteiger partial charge is 0.384 e. The van der Waals surface area contributed by atoms with Gasteiger partial charge in [0.15, 0.2) is 0 Å². The van der Waals surface area contributed by atoms with Crippen molar-refractivity contribution in [1.82, 2.24) is 9.78 Å². The number of rotatable bonds is 3. The van der Waals surface area contributed by atoms with Crippen LogP contribution in [0.5, 0.6) is 0 Å². The fraction of sp³-hybridized carbons (Fsp3) is 0.0667. The van der Waals surface area contributed by atoms with Crippen LogP contribution in [0.25, 0.3) is 10.9 Å². The normalized spacial score (nSPS) is 10.7. The molecule has 94 valence electrons. The molecule has 0 saturated carbocycles. The van der Waals surface area contributed by atoms with Crippen molar-refractivity contribution in [2.45, 2.75) is 6.54 Å². The Morgan fingerprint density at radius 2 is 1.84 bits per heavy atom. The third kappa shape index (κ3) is 2.08. The quantitative estimate of drug-likeness (QED) is 0.553. The SMILES string of the molecule is N=C(N)c1ccccc1Cn1ncc2ccccc21. The van der Waals surface area contributed by atoms with Gasteiger partial charge in [-0.3, -0.25) is 10.1 Å². The minimum atomic E-state index is 0.0899. The van der Waals surface area contributed by atoms with Gasteiger partial charge >= 0.3 is 0 Å². The first-order chi connectivity index (χ1) is 9.25. The molecule has 0 fully saturated rings. The summed E-state index contributed by atoms with van der Waals surface area (Å²) < 4.78 is 1.93. The van der Waals surface area contributed by atoms with Gasteiger partial charge in [-0.05, 0) is 11.6 Å². The number of nitrogen functional groups attached to an aromatic ring is 1. The van der Waals surface area contributed by atoms with Crippen molar-refractivity contribution >= 4 is 16.7 Å². The number of hydrogen-bond donors (Lipinski definition) is 2. The molecule has 0 aliphatic rings. The molecule has 2 aromatic carbocycles. The van der Waals surface area contributed by atoms with Crippen molar-refractivity contribution in [2.75, 3.05) is 0 Å². The van der Waals surface area contributed by atoms with E-state index in [0.29, 0.717) is 6.54 Å². The molecule has 4 nitrogen and oxygen atoms in total. The van der Waals surface area contributed by atoms with Crippen molar-refractivity contribution in [3.8, 4) is 0 Å². The van der Waals surface area contributed by atoms with E-state index >= 15 is 0 Å². The smallest absolute Gasteiger partial charge is 0.123 e. The van der Waals surface area contributed by atoms with Gasteiger partial charge in [0.1, 0.15) is 5.84 Å². The lowest BCUT2D eigenvalue weighted by Gasteiger charge is -2.09. The second-order valence-electron chi connectivity index (χ2n) is 4.43. The number of aromatic nitrogens is 2. The number of para-hydroxylation sites is 1. The van der Waals surface area contributed by atoms with Gasteiger partial charge in [-0.25, -0.2) is 0 Å². The van der Waals surface area contributed by atoms with Crippen LogP contribution >= 0.6 is 0 Å². The molecular formula is C15H14N4. The van der Waals surface area contributed by atoms with Crippen LogP contribution in [0.15, 0.2) is 54.7 Å². The van der Waals surface area contributed by atoms with Crippen molar-refractivity contribution in [2.24, 2.45) is 5.73 Å². The van der Waals surface area contributed by atoms with E-state index in [9.17, 15) is 0 Å². The highest BCUT2D eigenvalue weighted by atomic mass is 15.3. The maximum atomic E-state index is 7.62. The summed E-state index contributed by atoms with van der Waals surface area (Å²) in [5.41, 5.74) is 8.46. The van der Waals surface area contributed by atoms with Gasteiger partial charge < -0.3 is 5.73 Å². The van der Waals surface area contributed by atoms with Gasteiger partial charge in [0, 0.05) is 10.9 Å². The maximum absolute atomic E-state index is 7.62. The third-order valence-electron chi connectivity index (χ3n) is 3.18. The highest BCUT2D eigenvalue weighted by Crippen LogP contribution is 2.16. The molecule has 0 spiro atoms. The molecule has 1 aromatic heterocycles. The lowest BCUT2D eigenvalue weighted by Crippen LogP contribution is -2.15. The Morgan fingerprint density at radius 3 is 2.68 bits per heavy atom. The Bertz CT molecular complexity index is 742. The zero-order valence-electron chi connectivity index (χ0n) is 10.4. The summed E-state index contributed by atoms with van der Waals surface area (Å²) in [5.74, 6) is 0.0899. The topological polar surface area (TPSA) is 67.7 Å². The minimum Gasteiger partial charge on any atom is -0.384 e. The zero-order valence-corrected chi connectivity index (χ0v) is 10.4. The van der Waals surface area contributed by atoms with Gasteiger partial charge in [-0.2, -0.15) is 5.10 Å². The molecule has 1 heterocycles. The Labute approximate surface area is 111 Å². The van der Waals surface area contributed by atoms with Crippen LogP contribution in [-0.4, -0.2) is 15.6 Å². The summed E-state index contributed by atoms with van der Waals surface area (Å²) in [6.07, 6.45) is 1.85. The predicted molar refractivity (Wildman–Crippen MR) is 76.3 cm³/mol.